The highest BCUT2D eigenvalue weighted by atomic mass is 16.5. The van der Waals surface area contributed by atoms with Crippen LogP contribution in [0.25, 0.3) is 0 Å². The number of ether oxygens (including phenoxy) is 1. The van der Waals surface area contributed by atoms with Gasteiger partial charge in [0.1, 0.15) is 0 Å². The minimum absolute atomic E-state index is 0.104. The number of hydrogen-bond donors (Lipinski definition) is 1. The first-order valence-corrected chi connectivity index (χ1v) is 9.35. The summed E-state index contributed by atoms with van der Waals surface area (Å²) >= 11 is 0. The molecule has 23 heavy (non-hydrogen) atoms. The van der Waals surface area contributed by atoms with Gasteiger partial charge < -0.3 is 15.0 Å². The number of amides is 2. The Morgan fingerprint density at radius 2 is 1.83 bits per heavy atom. The molecule has 4 aliphatic rings. The van der Waals surface area contributed by atoms with E-state index in [1.807, 2.05) is 4.90 Å². The molecule has 0 aromatic rings. The highest BCUT2D eigenvalue weighted by Crippen LogP contribution is 2.56. The van der Waals surface area contributed by atoms with E-state index >= 15 is 0 Å². The van der Waals surface area contributed by atoms with Crippen LogP contribution >= 0.6 is 0 Å². The van der Waals surface area contributed by atoms with Gasteiger partial charge >= 0.3 is 6.09 Å². The van der Waals surface area contributed by atoms with Crippen LogP contribution in [-0.2, 0) is 9.53 Å². The molecule has 1 N–H and O–H groups in total. The molecule has 2 saturated carbocycles. The zero-order valence-electron chi connectivity index (χ0n) is 13.9. The molecule has 2 aliphatic carbocycles. The lowest BCUT2D eigenvalue weighted by Crippen LogP contribution is -2.65. The largest absolute Gasteiger partial charge is 0.450 e. The normalized spacial score (nSPS) is 31.6. The Morgan fingerprint density at radius 1 is 1.09 bits per heavy atom. The average molecular weight is 320 g/mol. The molecule has 5 nitrogen and oxygen atoms in total. The lowest BCUT2D eigenvalue weighted by Gasteiger charge is -2.61. The third-order valence-corrected chi connectivity index (χ3v) is 6.61. The molecule has 0 bridgehead atoms. The zero-order chi connectivity index (χ0) is 15.9. The summed E-state index contributed by atoms with van der Waals surface area (Å²) in [5, 5.41) is 2.67. The maximum Gasteiger partial charge on any atom is 0.407 e. The molecule has 1 spiro atoms. The predicted molar refractivity (Wildman–Crippen MR) is 85.8 cm³/mol. The number of carbonyl (C=O) groups excluding carboxylic acids is 2. The molecule has 4 rings (SSSR count). The monoisotopic (exact) mass is 320 g/mol. The molecule has 2 amide bonds. The summed E-state index contributed by atoms with van der Waals surface area (Å²) in [6, 6.07) is 0. The Labute approximate surface area is 138 Å². The minimum atomic E-state index is -0.394. The van der Waals surface area contributed by atoms with Gasteiger partial charge in [-0.05, 0) is 31.1 Å². The van der Waals surface area contributed by atoms with Crippen LogP contribution in [0, 0.1) is 23.2 Å². The number of rotatable bonds is 2. The van der Waals surface area contributed by atoms with Crippen LogP contribution in [0.5, 0.6) is 0 Å². The molecule has 0 unspecified atom stereocenters. The van der Waals surface area contributed by atoms with Gasteiger partial charge in [0.05, 0.1) is 12.5 Å². The third-order valence-electron chi connectivity index (χ3n) is 6.61. The standard InChI is InChI=1S/C18H28N2O3/c21-16(14-6-7-23-17(22)19-10-14)20-11-18(12-20)8-15(9-18)13-4-2-1-3-5-13/h13-15H,1-12H2,(H,19,22)/t14-/m1/s1. The quantitative estimate of drug-likeness (QED) is 0.850. The molecule has 1 atom stereocenters. The van der Waals surface area contributed by atoms with Crippen molar-refractivity contribution in [2.75, 3.05) is 26.2 Å². The molecule has 4 fully saturated rings. The van der Waals surface area contributed by atoms with E-state index in [1.54, 1.807) is 0 Å². The summed E-state index contributed by atoms with van der Waals surface area (Å²) in [6.07, 6.45) is 10.1. The molecule has 5 heteroatoms. The maximum atomic E-state index is 12.6. The lowest BCUT2D eigenvalue weighted by atomic mass is 9.53. The molecular weight excluding hydrogens is 292 g/mol. The predicted octanol–water partition coefficient (Wildman–Crippen LogP) is 2.55. The topological polar surface area (TPSA) is 58.6 Å². The van der Waals surface area contributed by atoms with Crippen LogP contribution < -0.4 is 5.32 Å². The molecular formula is C18H28N2O3. The van der Waals surface area contributed by atoms with Crippen LogP contribution in [0.4, 0.5) is 4.79 Å². The summed E-state index contributed by atoms with van der Waals surface area (Å²) in [4.78, 5) is 25.8. The van der Waals surface area contributed by atoms with Gasteiger partial charge in [-0.3, -0.25) is 4.79 Å². The van der Waals surface area contributed by atoms with E-state index in [0.717, 1.165) is 24.9 Å². The maximum absolute atomic E-state index is 12.6. The number of hydrogen-bond acceptors (Lipinski definition) is 3. The number of cyclic esters (lactones) is 1. The lowest BCUT2D eigenvalue weighted by molar-refractivity contribution is -0.163. The second-order valence-corrected chi connectivity index (χ2v) is 8.26. The van der Waals surface area contributed by atoms with Crippen molar-refractivity contribution in [3.05, 3.63) is 0 Å². The smallest absolute Gasteiger partial charge is 0.407 e. The van der Waals surface area contributed by atoms with Gasteiger partial charge in [-0.2, -0.15) is 0 Å². The Morgan fingerprint density at radius 3 is 2.57 bits per heavy atom. The van der Waals surface area contributed by atoms with Crippen molar-refractivity contribution in [3.8, 4) is 0 Å². The molecule has 2 aliphatic heterocycles. The molecule has 2 saturated heterocycles. The fraction of sp³-hybridized carbons (Fsp3) is 0.889. The van der Waals surface area contributed by atoms with Crippen molar-refractivity contribution >= 4 is 12.0 Å². The molecule has 0 radical (unpaired) electrons. The third kappa shape index (κ3) is 2.94. The van der Waals surface area contributed by atoms with Gasteiger partial charge in [0.2, 0.25) is 5.91 Å². The number of alkyl carbamates (subject to hydrolysis) is 1. The molecule has 0 aromatic carbocycles. The summed E-state index contributed by atoms with van der Waals surface area (Å²) in [7, 11) is 0. The highest BCUT2D eigenvalue weighted by Gasteiger charge is 2.55. The fourth-order valence-corrected chi connectivity index (χ4v) is 5.29. The van der Waals surface area contributed by atoms with Gasteiger partial charge in [0.15, 0.2) is 0 Å². The second-order valence-electron chi connectivity index (χ2n) is 8.26. The van der Waals surface area contributed by atoms with E-state index in [4.69, 9.17) is 4.74 Å². The van der Waals surface area contributed by atoms with Crippen LogP contribution in [0.15, 0.2) is 0 Å². The Bertz CT molecular complexity index is 473. The number of carbonyl (C=O) groups is 2. The van der Waals surface area contributed by atoms with Crippen LogP contribution in [0.3, 0.4) is 0 Å². The Balaban J connectivity index is 1.24. The van der Waals surface area contributed by atoms with E-state index in [1.165, 1.54) is 44.9 Å². The van der Waals surface area contributed by atoms with Crippen LogP contribution in [0.2, 0.25) is 0 Å². The first-order valence-electron chi connectivity index (χ1n) is 9.35. The van der Waals surface area contributed by atoms with Crippen LogP contribution in [-0.4, -0.2) is 43.1 Å². The van der Waals surface area contributed by atoms with Crippen molar-refractivity contribution in [2.24, 2.45) is 23.2 Å². The summed E-state index contributed by atoms with van der Waals surface area (Å²) < 4.78 is 4.95. The van der Waals surface area contributed by atoms with Crippen molar-refractivity contribution in [2.45, 2.75) is 51.4 Å². The van der Waals surface area contributed by atoms with Crippen molar-refractivity contribution in [3.63, 3.8) is 0 Å². The van der Waals surface area contributed by atoms with Crippen molar-refractivity contribution in [1.82, 2.24) is 10.2 Å². The second kappa shape index (κ2) is 5.99. The molecule has 0 aromatic heterocycles. The Hall–Kier alpha value is -1.26. The number of nitrogens with zero attached hydrogens (tertiary/aromatic N) is 1. The van der Waals surface area contributed by atoms with Crippen molar-refractivity contribution < 1.29 is 14.3 Å². The molecule has 128 valence electrons. The summed E-state index contributed by atoms with van der Waals surface area (Å²) in [6.45, 7) is 2.66. The van der Waals surface area contributed by atoms with E-state index in [-0.39, 0.29) is 11.8 Å². The summed E-state index contributed by atoms with van der Waals surface area (Å²) in [5.74, 6) is 2.00. The average Bonchev–Trinajstić information content (AvgIpc) is 2.70. The fourth-order valence-electron chi connectivity index (χ4n) is 5.29. The number of nitrogens with one attached hydrogen (secondary N) is 1. The number of likely N-dealkylation sites (tertiary alicyclic amines) is 1. The molecule has 2 heterocycles. The van der Waals surface area contributed by atoms with Crippen molar-refractivity contribution in [1.29, 1.82) is 0 Å². The van der Waals surface area contributed by atoms with Gasteiger partial charge in [0.25, 0.3) is 0 Å². The summed E-state index contributed by atoms with van der Waals surface area (Å²) in [5.41, 5.74) is 0.447. The first-order chi connectivity index (χ1) is 11.2. The van der Waals surface area contributed by atoms with Gasteiger partial charge in [-0.15, -0.1) is 0 Å². The van der Waals surface area contributed by atoms with Gasteiger partial charge in [-0.25, -0.2) is 4.79 Å². The van der Waals surface area contributed by atoms with E-state index in [9.17, 15) is 9.59 Å². The Kier molecular flexibility index (Phi) is 3.98. The first kappa shape index (κ1) is 15.3. The van der Waals surface area contributed by atoms with Gasteiger partial charge in [-0.1, -0.05) is 32.1 Å². The highest BCUT2D eigenvalue weighted by molar-refractivity contribution is 5.81. The van der Waals surface area contributed by atoms with E-state index in [2.05, 4.69) is 5.32 Å². The zero-order valence-corrected chi connectivity index (χ0v) is 13.9. The SMILES string of the molecule is O=C1NC[C@H](C(=O)N2CC3(CC(C4CCCCC4)C3)C2)CCO1. The van der Waals surface area contributed by atoms with E-state index in [0.29, 0.717) is 25.0 Å². The van der Waals surface area contributed by atoms with E-state index < -0.39 is 6.09 Å². The minimum Gasteiger partial charge on any atom is -0.450 e. The van der Waals surface area contributed by atoms with Gasteiger partial charge in [0, 0.05) is 25.0 Å². The van der Waals surface area contributed by atoms with Crippen LogP contribution in [0.1, 0.15) is 51.4 Å².